The van der Waals surface area contributed by atoms with E-state index in [0.717, 1.165) is 33.4 Å². The Bertz CT molecular complexity index is 1620. The molecule has 0 radical (unpaired) electrons. The molecule has 3 rings (SSSR count). The Morgan fingerprint density at radius 1 is 0.423 bits per heavy atom. The number of nitrogens with zero attached hydrogens (tertiary/aromatic N) is 9. The highest BCUT2D eigenvalue weighted by Gasteiger charge is 2.25. The fourth-order valence-corrected chi connectivity index (χ4v) is 5.57. The van der Waals surface area contributed by atoms with Gasteiger partial charge in [-0.2, -0.15) is 31.6 Å². The van der Waals surface area contributed by atoms with Crippen molar-refractivity contribution in [3.63, 3.8) is 0 Å². The molecule has 12 nitrogen and oxygen atoms in total. The maximum Gasteiger partial charge on any atom is 0.147 e. The number of hydrogen-bond acceptors (Lipinski definition) is 12. The lowest BCUT2D eigenvalue weighted by Gasteiger charge is -2.28. The van der Waals surface area contributed by atoms with Gasteiger partial charge in [0.1, 0.15) is 17.2 Å². The van der Waals surface area contributed by atoms with Crippen LogP contribution in [0.2, 0.25) is 0 Å². The molecule has 0 unspecified atom stereocenters. The zero-order valence-corrected chi connectivity index (χ0v) is 30.0. The number of hydroxylamine groups is 6. The molecule has 0 aliphatic carbocycles. The topological polar surface area (TPSA) is 180 Å². The van der Waals surface area contributed by atoms with Crippen LogP contribution in [0.1, 0.15) is 77.8 Å². The molecule has 0 aliphatic rings. The van der Waals surface area contributed by atoms with Gasteiger partial charge in [0.05, 0.1) is 74.9 Å². The standard InChI is InChI=1S/C40H43N9O3/c1-31-10-13-34(50-47(22-4-16-41)23-5-17-42)28-37(31)40(38-29-35(14-11-32(38)2)51-48(24-6-18-43)25-7-19-44)39-30-36(15-12-33(39)3)52-49(26-8-20-45)27-9-21-46/h10-15,28-30,40H,4-9,22-27H2,1-3H3. The van der Waals surface area contributed by atoms with Crippen LogP contribution in [0.4, 0.5) is 0 Å². The molecule has 12 heteroatoms. The van der Waals surface area contributed by atoms with Crippen LogP contribution in [-0.4, -0.2) is 54.5 Å². The highest BCUT2D eigenvalue weighted by Crippen LogP contribution is 2.41. The van der Waals surface area contributed by atoms with Gasteiger partial charge in [-0.1, -0.05) is 18.2 Å². The molecule has 0 saturated carbocycles. The minimum atomic E-state index is -0.361. The second-order valence-corrected chi connectivity index (χ2v) is 12.0. The van der Waals surface area contributed by atoms with E-state index in [2.05, 4.69) is 36.4 Å². The maximum absolute atomic E-state index is 9.21. The van der Waals surface area contributed by atoms with Crippen molar-refractivity contribution in [2.75, 3.05) is 39.3 Å². The minimum absolute atomic E-state index is 0.240. The molecule has 0 amide bonds. The summed E-state index contributed by atoms with van der Waals surface area (Å²) >= 11 is 0. The van der Waals surface area contributed by atoms with Crippen molar-refractivity contribution < 1.29 is 14.5 Å². The lowest BCUT2D eigenvalue weighted by Crippen LogP contribution is -2.30. The van der Waals surface area contributed by atoms with Gasteiger partial charge in [-0.25, -0.2) is 0 Å². The van der Waals surface area contributed by atoms with E-state index in [1.54, 1.807) is 15.2 Å². The molecule has 0 bridgehead atoms. The van der Waals surface area contributed by atoms with E-state index in [1.807, 2.05) is 75.4 Å². The third-order valence-electron chi connectivity index (χ3n) is 8.23. The van der Waals surface area contributed by atoms with Crippen LogP contribution in [0.15, 0.2) is 54.6 Å². The van der Waals surface area contributed by atoms with E-state index in [-0.39, 0.29) is 44.4 Å². The lowest BCUT2D eigenvalue weighted by molar-refractivity contribution is -0.0548. The fourth-order valence-electron chi connectivity index (χ4n) is 5.57. The quantitative estimate of drug-likeness (QED) is 0.0818. The van der Waals surface area contributed by atoms with Gasteiger partial charge in [0, 0.05) is 45.2 Å². The third kappa shape index (κ3) is 12.3. The first-order valence-electron chi connectivity index (χ1n) is 17.1. The SMILES string of the molecule is Cc1ccc(ON(CCC#N)CCC#N)cc1C(c1cc(ON(CCC#N)CCC#N)ccc1C)c1cc(ON(CCC#N)CCC#N)ccc1C. The summed E-state index contributed by atoms with van der Waals surface area (Å²) in [5.41, 5.74) is 5.79. The summed E-state index contributed by atoms with van der Waals surface area (Å²) in [6.07, 6.45) is 1.44. The Morgan fingerprint density at radius 3 is 0.865 bits per heavy atom. The molecule has 0 spiro atoms. The Balaban J connectivity index is 2.21. The molecular weight excluding hydrogens is 654 g/mol. The number of nitriles is 6. The molecule has 0 fully saturated rings. The van der Waals surface area contributed by atoms with Crippen molar-refractivity contribution in [1.82, 2.24) is 15.2 Å². The average Bonchev–Trinajstić information content (AvgIpc) is 3.15. The van der Waals surface area contributed by atoms with Gasteiger partial charge < -0.3 is 14.5 Å². The Hall–Kier alpha value is -6.12. The summed E-state index contributed by atoms with van der Waals surface area (Å²) < 4.78 is 0. The van der Waals surface area contributed by atoms with Crippen molar-refractivity contribution in [2.24, 2.45) is 0 Å². The monoisotopic (exact) mass is 697 g/mol. The van der Waals surface area contributed by atoms with E-state index >= 15 is 0 Å². The van der Waals surface area contributed by atoms with Gasteiger partial charge >= 0.3 is 0 Å². The number of benzene rings is 3. The van der Waals surface area contributed by atoms with Gasteiger partial charge in [0.15, 0.2) is 0 Å². The third-order valence-corrected chi connectivity index (χ3v) is 8.23. The van der Waals surface area contributed by atoms with E-state index < -0.39 is 0 Å². The molecule has 0 N–H and O–H groups in total. The van der Waals surface area contributed by atoms with E-state index in [4.69, 9.17) is 14.5 Å². The Morgan fingerprint density at radius 2 is 0.654 bits per heavy atom. The second kappa shape index (κ2) is 21.9. The van der Waals surface area contributed by atoms with Crippen molar-refractivity contribution in [2.45, 2.75) is 65.2 Å². The zero-order chi connectivity index (χ0) is 37.7. The normalized spacial score (nSPS) is 10.6. The predicted octanol–water partition coefficient (Wildman–Crippen LogP) is 7.06. The first-order chi connectivity index (χ1) is 25.3. The van der Waals surface area contributed by atoms with Crippen LogP contribution in [0.5, 0.6) is 17.2 Å². The molecule has 0 heterocycles. The molecule has 266 valence electrons. The minimum Gasteiger partial charge on any atom is -0.406 e. The smallest absolute Gasteiger partial charge is 0.147 e. The summed E-state index contributed by atoms with van der Waals surface area (Å²) in [5.74, 6) is 1.29. The van der Waals surface area contributed by atoms with E-state index in [9.17, 15) is 31.6 Å². The molecule has 52 heavy (non-hydrogen) atoms. The van der Waals surface area contributed by atoms with Crippen molar-refractivity contribution >= 4 is 0 Å². The summed E-state index contributed by atoms with van der Waals surface area (Å²) in [6.45, 7) is 8.10. The van der Waals surface area contributed by atoms with Gasteiger partial charge in [-0.05, 0) is 90.6 Å². The fraction of sp³-hybridized carbons (Fsp3) is 0.400. The van der Waals surface area contributed by atoms with Gasteiger partial charge in [-0.15, -0.1) is 15.2 Å². The van der Waals surface area contributed by atoms with Crippen LogP contribution < -0.4 is 14.5 Å². The Labute approximate surface area is 306 Å². The zero-order valence-electron chi connectivity index (χ0n) is 30.0. The van der Waals surface area contributed by atoms with Crippen molar-refractivity contribution in [3.8, 4) is 53.7 Å². The molecular formula is C40H43N9O3. The second-order valence-electron chi connectivity index (χ2n) is 12.0. The van der Waals surface area contributed by atoms with Crippen LogP contribution in [0.25, 0.3) is 0 Å². The molecule has 0 aliphatic heterocycles. The van der Waals surface area contributed by atoms with Crippen molar-refractivity contribution in [1.29, 1.82) is 31.6 Å². The van der Waals surface area contributed by atoms with Gasteiger partial charge in [-0.3, -0.25) is 0 Å². The van der Waals surface area contributed by atoms with Crippen LogP contribution in [0.3, 0.4) is 0 Å². The number of hydrogen-bond donors (Lipinski definition) is 0. The van der Waals surface area contributed by atoms with Crippen LogP contribution in [0, 0.1) is 88.8 Å². The van der Waals surface area contributed by atoms with E-state index in [1.165, 1.54) is 0 Å². The summed E-state index contributed by atoms with van der Waals surface area (Å²) in [4.78, 5) is 18.8. The Kier molecular flexibility index (Phi) is 16.9. The largest absolute Gasteiger partial charge is 0.406 e. The lowest BCUT2D eigenvalue weighted by atomic mass is 9.79. The molecule has 0 aromatic heterocycles. The van der Waals surface area contributed by atoms with E-state index in [0.29, 0.717) is 56.5 Å². The van der Waals surface area contributed by atoms with Crippen LogP contribution >= 0.6 is 0 Å². The van der Waals surface area contributed by atoms with Crippen molar-refractivity contribution in [3.05, 3.63) is 88.0 Å². The highest BCUT2D eigenvalue weighted by molar-refractivity contribution is 5.55. The molecule has 0 atom stereocenters. The van der Waals surface area contributed by atoms with Crippen LogP contribution in [-0.2, 0) is 0 Å². The first kappa shape index (κ1) is 40.3. The summed E-state index contributed by atoms with van der Waals surface area (Å²) in [5, 5.41) is 60.1. The van der Waals surface area contributed by atoms with Gasteiger partial charge in [0.2, 0.25) is 0 Å². The highest BCUT2D eigenvalue weighted by atomic mass is 16.7. The summed E-state index contributed by atoms with van der Waals surface area (Å²) in [7, 11) is 0. The number of aryl methyl sites for hydroxylation is 3. The molecule has 0 saturated heterocycles. The summed E-state index contributed by atoms with van der Waals surface area (Å²) in [6, 6.07) is 30.3. The van der Waals surface area contributed by atoms with Gasteiger partial charge in [0.25, 0.3) is 0 Å². The maximum atomic E-state index is 9.21. The number of rotatable bonds is 21. The predicted molar refractivity (Wildman–Crippen MR) is 192 cm³/mol. The molecule has 3 aromatic carbocycles. The molecule has 3 aromatic rings. The first-order valence-corrected chi connectivity index (χ1v) is 17.1. The average molecular weight is 698 g/mol.